The maximum absolute atomic E-state index is 12.1. The maximum atomic E-state index is 12.1. The van der Waals surface area contributed by atoms with Crippen molar-refractivity contribution in [3.63, 3.8) is 0 Å². The monoisotopic (exact) mass is 239 g/mol. The molecule has 1 aliphatic carbocycles. The lowest BCUT2D eigenvalue weighted by molar-refractivity contribution is -0.127. The summed E-state index contributed by atoms with van der Waals surface area (Å²) in [6, 6.07) is 0.730. The Labute approximate surface area is 104 Å². The van der Waals surface area contributed by atoms with Crippen LogP contribution in [0.1, 0.15) is 38.5 Å². The molecule has 0 atom stereocenters. The van der Waals surface area contributed by atoms with Crippen molar-refractivity contribution in [3.05, 3.63) is 0 Å². The highest BCUT2D eigenvalue weighted by molar-refractivity contribution is 5.79. The summed E-state index contributed by atoms with van der Waals surface area (Å²) in [6.07, 6.45) is 6.24. The van der Waals surface area contributed by atoms with Crippen LogP contribution in [-0.2, 0) is 4.79 Å². The van der Waals surface area contributed by atoms with E-state index in [2.05, 4.69) is 17.3 Å². The van der Waals surface area contributed by atoms with Gasteiger partial charge >= 0.3 is 0 Å². The number of hydrogen-bond donors (Lipinski definition) is 2. The number of carbonyl (C=O) groups is 1. The molecule has 3 N–H and O–H groups in total. The first-order valence-electron chi connectivity index (χ1n) is 6.89. The second kappa shape index (κ2) is 5.83. The number of carbonyl (C=O) groups excluding carboxylic acids is 1. The van der Waals surface area contributed by atoms with Gasteiger partial charge in [-0.25, -0.2) is 0 Å². The van der Waals surface area contributed by atoms with Gasteiger partial charge in [-0.3, -0.25) is 4.79 Å². The predicted molar refractivity (Wildman–Crippen MR) is 68.6 cm³/mol. The van der Waals surface area contributed by atoms with Crippen LogP contribution < -0.4 is 11.1 Å². The fourth-order valence-electron chi connectivity index (χ4n) is 2.85. The molecule has 17 heavy (non-hydrogen) atoms. The molecule has 4 heteroatoms. The summed E-state index contributed by atoms with van der Waals surface area (Å²) in [5, 5.41) is 3.21. The van der Waals surface area contributed by atoms with Gasteiger partial charge < -0.3 is 16.0 Å². The average molecular weight is 239 g/mol. The molecule has 1 aliphatic heterocycles. The Bertz CT molecular complexity index is 253. The van der Waals surface area contributed by atoms with Crippen LogP contribution >= 0.6 is 0 Å². The first-order valence-corrected chi connectivity index (χ1v) is 6.89. The molecule has 4 nitrogen and oxygen atoms in total. The predicted octanol–water partition coefficient (Wildman–Crippen LogP) is 0.714. The fraction of sp³-hybridized carbons (Fsp3) is 0.923. The standard InChI is InChI=1S/C13H25N3O/c1-16-8-6-10(7-9-16)13(17)15-12-4-2-11(14)3-5-12/h10-12H,2-9,14H2,1H3,(H,15,17). The van der Waals surface area contributed by atoms with E-state index in [0.29, 0.717) is 12.1 Å². The Kier molecular flexibility index (Phi) is 4.40. The van der Waals surface area contributed by atoms with Gasteiger partial charge in [0.25, 0.3) is 0 Å². The molecule has 0 unspecified atom stereocenters. The Morgan fingerprint density at radius 2 is 1.71 bits per heavy atom. The number of rotatable bonds is 2. The lowest BCUT2D eigenvalue weighted by Crippen LogP contribution is -2.45. The molecule has 0 aromatic rings. The van der Waals surface area contributed by atoms with Crippen molar-refractivity contribution < 1.29 is 4.79 Å². The Hall–Kier alpha value is -0.610. The van der Waals surface area contributed by atoms with Crippen molar-refractivity contribution in [1.82, 2.24) is 10.2 Å². The van der Waals surface area contributed by atoms with Gasteiger partial charge in [0.05, 0.1) is 0 Å². The first-order chi connectivity index (χ1) is 8.15. The Balaban J connectivity index is 1.73. The number of likely N-dealkylation sites (tertiary alicyclic amines) is 1. The van der Waals surface area contributed by atoms with Gasteiger partial charge in [0, 0.05) is 18.0 Å². The number of piperidine rings is 1. The second-order valence-corrected chi connectivity index (χ2v) is 5.70. The zero-order valence-electron chi connectivity index (χ0n) is 10.8. The fourth-order valence-corrected chi connectivity index (χ4v) is 2.85. The van der Waals surface area contributed by atoms with Crippen molar-refractivity contribution in [2.75, 3.05) is 20.1 Å². The van der Waals surface area contributed by atoms with Gasteiger partial charge in [-0.05, 0) is 58.7 Å². The van der Waals surface area contributed by atoms with E-state index in [1.807, 2.05) is 0 Å². The van der Waals surface area contributed by atoms with Crippen LogP contribution in [0.3, 0.4) is 0 Å². The lowest BCUT2D eigenvalue weighted by atomic mass is 9.90. The molecule has 2 fully saturated rings. The number of hydrogen-bond acceptors (Lipinski definition) is 3. The molecule has 1 heterocycles. The van der Waals surface area contributed by atoms with Crippen LogP contribution in [0.5, 0.6) is 0 Å². The van der Waals surface area contributed by atoms with Crippen LogP contribution in [0.2, 0.25) is 0 Å². The minimum Gasteiger partial charge on any atom is -0.353 e. The smallest absolute Gasteiger partial charge is 0.223 e. The summed E-state index contributed by atoms with van der Waals surface area (Å²) in [7, 11) is 2.12. The molecule has 0 aromatic carbocycles. The van der Waals surface area contributed by atoms with E-state index >= 15 is 0 Å². The summed E-state index contributed by atoms with van der Waals surface area (Å²) < 4.78 is 0. The largest absolute Gasteiger partial charge is 0.353 e. The third-order valence-corrected chi connectivity index (χ3v) is 4.21. The number of nitrogens with one attached hydrogen (secondary N) is 1. The van der Waals surface area contributed by atoms with Crippen molar-refractivity contribution in [2.24, 2.45) is 11.7 Å². The van der Waals surface area contributed by atoms with Crippen LogP contribution in [-0.4, -0.2) is 43.0 Å². The molecule has 98 valence electrons. The highest BCUT2D eigenvalue weighted by Gasteiger charge is 2.26. The molecule has 1 saturated carbocycles. The minimum absolute atomic E-state index is 0.238. The summed E-state index contributed by atoms with van der Waals surface area (Å²) in [4.78, 5) is 14.4. The first kappa shape index (κ1) is 12.8. The van der Waals surface area contributed by atoms with Gasteiger partial charge in [0.2, 0.25) is 5.91 Å². The molecule has 1 amide bonds. The Morgan fingerprint density at radius 3 is 2.29 bits per heavy atom. The van der Waals surface area contributed by atoms with E-state index in [4.69, 9.17) is 5.73 Å². The number of nitrogens with two attached hydrogens (primary N) is 1. The molecule has 2 aliphatic rings. The van der Waals surface area contributed by atoms with Gasteiger partial charge in [-0.15, -0.1) is 0 Å². The van der Waals surface area contributed by atoms with Crippen molar-refractivity contribution in [2.45, 2.75) is 50.6 Å². The molecule has 2 rings (SSSR count). The van der Waals surface area contributed by atoms with Crippen LogP contribution in [0.4, 0.5) is 0 Å². The quantitative estimate of drug-likeness (QED) is 0.746. The van der Waals surface area contributed by atoms with Gasteiger partial charge in [-0.2, -0.15) is 0 Å². The summed E-state index contributed by atoms with van der Waals surface area (Å²) >= 11 is 0. The zero-order chi connectivity index (χ0) is 12.3. The van der Waals surface area contributed by atoms with Gasteiger partial charge in [-0.1, -0.05) is 0 Å². The van der Waals surface area contributed by atoms with Crippen LogP contribution in [0, 0.1) is 5.92 Å². The zero-order valence-corrected chi connectivity index (χ0v) is 10.8. The molecule has 0 aromatic heterocycles. The minimum atomic E-state index is 0.238. The number of amides is 1. The van der Waals surface area contributed by atoms with Gasteiger partial charge in [0.1, 0.15) is 0 Å². The third-order valence-electron chi connectivity index (χ3n) is 4.21. The molecule has 1 saturated heterocycles. The van der Waals surface area contributed by atoms with Crippen LogP contribution in [0.15, 0.2) is 0 Å². The van der Waals surface area contributed by atoms with E-state index in [9.17, 15) is 4.79 Å². The van der Waals surface area contributed by atoms with E-state index in [1.165, 1.54) is 0 Å². The van der Waals surface area contributed by atoms with Gasteiger partial charge in [0.15, 0.2) is 0 Å². The summed E-state index contributed by atoms with van der Waals surface area (Å²) in [6.45, 7) is 2.10. The Morgan fingerprint density at radius 1 is 1.12 bits per heavy atom. The average Bonchev–Trinajstić information content (AvgIpc) is 2.33. The molecular formula is C13H25N3O. The van der Waals surface area contributed by atoms with Crippen molar-refractivity contribution in [1.29, 1.82) is 0 Å². The number of nitrogens with zero attached hydrogens (tertiary/aromatic N) is 1. The SMILES string of the molecule is CN1CCC(C(=O)NC2CCC(N)CC2)CC1. The van der Waals surface area contributed by atoms with Crippen molar-refractivity contribution in [3.8, 4) is 0 Å². The molecule has 0 bridgehead atoms. The van der Waals surface area contributed by atoms with E-state index in [1.54, 1.807) is 0 Å². The second-order valence-electron chi connectivity index (χ2n) is 5.70. The molecular weight excluding hydrogens is 214 g/mol. The summed E-state index contributed by atoms with van der Waals surface area (Å²) in [5.41, 5.74) is 5.87. The third kappa shape index (κ3) is 3.68. The van der Waals surface area contributed by atoms with Crippen molar-refractivity contribution >= 4 is 5.91 Å². The maximum Gasteiger partial charge on any atom is 0.223 e. The molecule has 0 radical (unpaired) electrons. The van der Waals surface area contributed by atoms with Crippen LogP contribution in [0.25, 0.3) is 0 Å². The lowest BCUT2D eigenvalue weighted by Gasteiger charge is -2.31. The summed E-state index contributed by atoms with van der Waals surface area (Å²) in [5.74, 6) is 0.514. The van der Waals surface area contributed by atoms with E-state index in [0.717, 1.165) is 51.6 Å². The molecule has 0 spiro atoms. The topological polar surface area (TPSA) is 58.4 Å². The van der Waals surface area contributed by atoms with E-state index < -0.39 is 0 Å². The van der Waals surface area contributed by atoms with E-state index in [-0.39, 0.29) is 11.8 Å². The normalized spacial score (nSPS) is 32.4. The highest BCUT2D eigenvalue weighted by Crippen LogP contribution is 2.20. The highest BCUT2D eigenvalue weighted by atomic mass is 16.1.